The van der Waals surface area contributed by atoms with Gasteiger partial charge in [-0.3, -0.25) is 19.6 Å². The van der Waals surface area contributed by atoms with Gasteiger partial charge in [-0.25, -0.2) is 0 Å². The Bertz CT molecular complexity index is 1490. The molecule has 5 aromatic rings. The minimum Gasteiger partial charge on any atom is -0.479 e. The lowest BCUT2D eigenvalue weighted by Gasteiger charge is -2.18. The fourth-order valence-electron chi connectivity index (χ4n) is 4.47. The van der Waals surface area contributed by atoms with Gasteiger partial charge in [-0.2, -0.15) is 10.2 Å². The second kappa shape index (κ2) is 12.2. The molecule has 0 radical (unpaired) electrons. The van der Waals surface area contributed by atoms with E-state index in [9.17, 15) is 4.79 Å². The molecule has 0 aliphatic rings. The van der Waals surface area contributed by atoms with E-state index in [4.69, 9.17) is 14.6 Å². The second-order valence-electron chi connectivity index (χ2n) is 9.22. The standard InChI is InChI=1S/C31H31N5O3/c1-3-38-29(37)17-14-25-21-36(35-30(25)24-9-5-4-6-10-24)20-23-12-15-26(16-13-23)39-31(27-19-33-34-22(27)2)28-11-7-8-18-32-28/h4-13,15-16,18-19,21,31H,3,14,17,20H2,1-2H3,(H,33,34). The van der Waals surface area contributed by atoms with E-state index in [0.717, 1.165) is 45.1 Å². The molecule has 198 valence electrons. The number of aryl methyl sites for hydroxylation is 2. The maximum atomic E-state index is 12.0. The van der Waals surface area contributed by atoms with Crippen molar-refractivity contribution in [1.29, 1.82) is 0 Å². The number of nitrogens with one attached hydrogen (secondary N) is 1. The van der Waals surface area contributed by atoms with Crippen LogP contribution in [-0.4, -0.2) is 37.5 Å². The molecule has 0 amide bonds. The quantitative estimate of drug-likeness (QED) is 0.225. The van der Waals surface area contributed by atoms with Gasteiger partial charge in [0.15, 0.2) is 6.10 Å². The lowest BCUT2D eigenvalue weighted by molar-refractivity contribution is -0.143. The zero-order chi connectivity index (χ0) is 27.0. The number of rotatable bonds is 11. The maximum absolute atomic E-state index is 12.0. The Hall–Kier alpha value is -4.72. The van der Waals surface area contributed by atoms with E-state index in [1.54, 1.807) is 12.4 Å². The molecule has 1 atom stereocenters. The Morgan fingerprint density at radius 1 is 1.03 bits per heavy atom. The summed E-state index contributed by atoms with van der Waals surface area (Å²) in [6.45, 7) is 4.76. The molecule has 0 fully saturated rings. The molecule has 0 saturated carbocycles. The molecule has 0 bridgehead atoms. The highest BCUT2D eigenvalue weighted by Crippen LogP contribution is 2.29. The average Bonchev–Trinajstić information content (AvgIpc) is 3.58. The van der Waals surface area contributed by atoms with Crippen LogP contribution in [0.1, 0.15) is 47.5 Å². The topological polar surface area (TPSA) is 94.9 Å². The molecule has 8 nitrogen and oxygen atoms in total. The zero-order valence-corrected chi connectivity index (χ0v) is 22.1. The highest BCUT2D eigenvalue weighted by molar-refractivity contribution is 5.70. The van der Waals surface area contributed by atoms with Gasteiger partial charge in [0.05, 0.1) is 30.7 Å². The summed E-state index contributed by atoms with van der Waals surface area (Å²) in [5.74, 6) is 0.532. The van der Waals surface area contributed by atoms with E-state index in [0.29, 0.717) is 26.0 Å². The van der Waals surface area contributed by atoms with Gasteiger partial charge in [0, 0.05) is 35.6 Å². The first-order valence-corrected chi connectivity index (χ1v) is 13.0. The lowest BCUT2D eigenvalue weighted by atomic mass is 10.0. The number of carbonyl (C=O) groups is 1. The van der Waals surface area contributed by atoms with Crippen molar-refractivity contribution in [2.24, 2.45) is 0 Å². The van der Waals surface area contributed by atoms with Gasteiger partial charge in [-0.1, -0.05) is 48.5 Å². The maximum Gasteiger partial charge on any atom is 0.306 e. The monoisotopic (exact) mass is 521 g/mol. The number of pyridine rings is 1. The van der Waals surface area contributed by atoms with Crippen LogP contribution in [0.15, 0.2) is 91.4 Å². The number of esters is 1. The normalized spacial score (nSPS) is 11.7. The van der Waals surface area contributed by atoms with Gasteiger partial charge in [0.25, 0.3) is 0 Å². The predicted molar refractivity (Wildman–Crippen MR) is 148 cm³/mol. The summed E-state index contributed by atoms with van der Waals surface area (Å²) in [7, 11) is 0. The lowest BCUT2D eigenvalue weighted by Crippen LogP contribution is -2.11. The van der Waals surface area contributed by atoms with Crippen LogP contribution in [0.3, 0.4) is 0 Å². The largest absolute Gasteiger partial charge is 0.479 e. The third kappa shape index (κ3) is 6.41. The van der Waals surface area contributed by atoms with Gasteiger partial charge in [-0.05, 0) is 55.7 Å². The van der Waals surface area contributed by atoms with Crippen LogP contribution in [0.2, 0.25) is 0 Å². The van der Waals surface area contributed by atoms with Crippen LogP contribution >= 0.6 is 0 Å². The van der Waals surface area contributed by atoms with E-state index < -0.39 is 0 Å². The molecular weight excluding hydrogens is 490 g/mol. The van der Waals surface area contributed by atoms with Crippen LogP contribution in [0.4, 0.5) is 0 Å². The molecular formula is C31H31N5O3. The first kappa shape index (κ1) is 25.9. The predicted octanol–water partition coefficient (Wildman–Crippen LogP) is 5.69. The van der Waals surface area contributed by atoms with Crippen molar-refractivity contribution in [2.75, 3.05) is 6.61 Å². The van der Waals surface area contributed by atoms with Crippen molar-refractivity contribution in [3.63, 3.8) is 0 Å². The summed E-state index contributed by atoms with van der Waals surface area (Å²) in [6.07, 6.45) is 6.07. The van der Waals surface area contributed by atoms with Crippen molar-refractivity contribution in [1.82, 2.24) is 25.0 Å². The van der Waals surface area contributed by atoms with Crippen molar-refractivity contribution in [3.05, 3.63) is 119 Å². The second-order valence-corrected chi connectivity index (χ2v) is 9.22. The Morgan fingerprint density at radius 3 is 2.51 bits per heavy atom. The van der Waals surface area contributed by atoms with Crippen molar-refractivity contribution < 1.29 is 14.3 Å². The summed E-state index contributed by atoms with van der Waals surface area (Å²) in [5, 5.41) is 12.0. The van der Waals surface area contributed by atoms with E-state index in [1.165, 1.54) is 0 Å². The Balaban J connectivity index is 1.33. The van der Waals surface area contributed by atoms with E-state index >= 15 is 0 Å². The minimum absolute atomic E-state index is 0.200. The molecule has 0 spiro atoms. The molecule has 0 aliphatic carbocycles. The molecule has 3 heterocycles. The fourth-order valence-corrected chi connectivity index (χ4v) is 4.47. The first-order valence-electron chi connectivity index (χ1n) is 13.0. The van der Waals surface area contributed by atoms with Crippen molar-refractivity contribution in [2.45, 2.75) is 39.3 Å². The number of benzene rings is 2. The Morgan fingerprint density at radius 2 is 1.82 bits per heavy atom. The Kier molecular flexibility index (Phi) is 8.12. The molecule has 3 aromatic heterocycles. The average molecular weight is 522 g/mol. The van der Waals surface area contributed by atoms with E-state index in [1.807, 2.05) is 97.5 Å². The fraction of sp³-hybridized carbons (Fsp3) is 0.226. The summed E-state index contributed by atoms with van der Waals surface area (Å²) >= 11 is 0. The van der Waals surface area contributed by atoms with Crippen LogP contribution < -0.4 is 4.74 Å². The number of hydrogen-bond donors (Lipinski definition) is 1. The highest BCUT2D eigenvalue weighted by Gasteiger charge is 2.21. The number of hydrogen-bond acceptors (Lipinski definition) is 6. The summed E-state index contributed by atoms with van der Waals surface area (Å²) in [5.41, 5.74) is 6.69. The molecule has 1 N–H and O–H groups in total. The molecule has 0 aliphatic heterocycles. The number of ether oxygens (including phenoxy) is 2. The summed E-state index contributed by atoms with van der Waals surface area (Å²) in [4.78, 5) is 16.5. The number of nitrogens with zero attached hydrogens (tertiary/aromatic N) is 4. The number of carbonyl (C=O) groups excluding carboxylic acids is 1. The highest BCUT2D eigenvalue weighted by atomic mass is 16.5. The van der Waals surface area contributed by atoms with Gasteiger partial charge in [-0.15, -0.1) is 0 Å². The van der Waals surface area contributed by atoms with Crippen molar-refractivity contribution >= 4 is 5.97 Å². The van der Waals surface area contributed by atoms with Crippen LogP contribution in [0.5, 0.6) is 5.75 Å². The minimum atomic E-state index is -0.377. The van der Waals surface area contributed by atoms with Crippen molar-refractivity contribution in [3.8, 4) is 17.0 Å². The van der Waals surface area contributed by atoms with Gasteiger partial charge in [0.1, 0.15) is 5.75 Å². The summed E-state index contributed by atoms with van der Waals surface area (Å²) in [6, 6.07) is 23.8. The smallest absolute Gasteiger partial charge is 0.306 e. The number of H-pyrrole nitrogens is 1. The van der Waals surface area contributed by atoms with Gasteiger partial charge >= 0.3 is 5.97 Å². The van der Waals surface area contributed by atoms with E-state index in [-0.39, 0.29) is 12.1 Å². The van der Waals surface area contributed by atoms with Crippen LogP contribution in [0.25, 0.3) is 11.3 Å². The van der Waals surface area contributed by atoms with Gasteiger partial charge < -0.3 is 9.47 Å². The SMILES string of the molecule is CCOC(=O)CCc1cn(Cc2ccc(OC(c3ccccn3)c3cn[nH]c3C)cc2)nc1-c1ccccc1. The number of aromatic amines is 1. The molecule has 2 aromatic carbocycles. The third-order valence-corrected chi connectivity index (χ3v) is 6.42. The molecule has 1 unspecified atom stereocenters. The first-order chi connectivity index (χ1) is 19.1. The third-order valence-electron chi connectivity index (χ3n) is 6.42. The van der Waals surface area contributed by atoms with Gasteiger partial charge in [0.2, 0.25) is 0 Å². The Labute approximate surface area is 227 Å². The van der Waals surface area contributed by atoms with E-state index in [2.05, 4.69) is 15.2 Å². The zero-order valence-electron chi connectivity index (χ0n) is 22.1. The summed E-state index contributed by atoms with van der Waals surface area (Å²) < 4.78 is 13.4. The van der Waals surface area contributed by atoms with Crippen LogP contribution in [-0.2, 0) is 22.5 Å². The molecule has 5 rings (SSSR count). The number of aromatic nitrogens is 5. The van der Waals surface area contributed by atoms with Crippen LogP contribution in [0, 0.1) is 6.92 Å². The molecule has 8 heteroatoms. The molecule has 39 heavy (non-hydrogen) atoms. The molecule has 0 saturated heterocycles.